The second-order valence-electron chi connectivity index (χ2n) is 5.74. The number of primary amides is 1. The molecule has 0 fully saturated rings. The summed E-state index contributed by atoms with van der Waals surface area (Å²) in [5.74, 6) is -1.70. The Bertz CT molecular complexity index is 824. The number of carbonyl (C=O) groups is 3. The molecule has 11 heteroatoms. The van der Waals surface area contributed by atoms with Crippen molar-refractivity contribution in [2.45, 2.75) is 25.4 Å². The Morgan fingerprint density at radius 3 is 2.88 bits per heavy atom. The molecular formula is C14H18N8O3. The predicted molar refractivity (Wildman–Crippen MR) is 86.6 cm³/mol. The van der Waals surface area contributed by atoms with E-state index < -0.39 is 17.7 Å². The van der Waals surface area contributed by atoms with Gasteiger partial charge >= 0.3 is 0 Å². The van der Waals surface area contributed by atoms with Crippen LogP contribution in [0.5, 0.6) is 0 Å². The fraction of sp³-hybridized carbons (Fsp3) is 0.357. The van der Waals surface area contributed by atoms with Crippen LogP contribution >= 0.6 is 0 Å². The molecule has 7 N–H and O–H groups in total. The lowest BCUT2D eigenvalue weighted by atomic mass is 10.0. The van der Waals surface area contributed by atoms with Crippen LogP contribution in [0, 0.1) is 0 Å². The summed E-state index contributed by atoms with van der Waals surface area (Å²) in [5, 5.41) is 15.4. The Morgan fingerprint density at radius 1 is 1.32 bits per heavy atom. The first kappa shape index (κ1) is 16.6. The summed E-state index contributed by atoms with van der Waals surface area (Å²) in [6, 6.07) is -0.0141. The van der Waals surface area contributed by atoms with Crippen molar-refractivity contribution in [1.82, 2.24) is 25.3 Å². The SMILES string of the molecule is NC(=O)CNC(=O)c1[nH]ncc1NC(=O)c1cnn2c1CC(N)CC2. The van der Waals surface area contributed by atoms with Gasteiger partial charge in [0.1, 0.15) is 5.69 Å². The average molecular weight is 346 g/mol. The maximum atomic E-state index is 12.5. The minimum Gasteiger partial charge on any atom is -0.368 e. The fourth-order valence-corrected chi connectivity index (χ4v) is 2.65. The van der Waals surface area contributed by atoms with Crippen LogP contribution in [-0.2, 0) is 17.8 Å². The molecule has 11 nitrogen and oxygen atoms in total. The minimum absolute atomic E-state index is 0.0141. The van der Waals surface area contributed by atoms with E-state index >= 15 is 0 Å². The molecule has 3 heterocycles. The topological polar surface area (TPSA) is 174 Å². The number of hydrogen-bond donors (Lipinski definition) is 5. The third-order valence-electron chi connectivity index (χ3n) is 3.90. The van der Waals surface area contributed by atoms with Crippen molar-refractivity contribution in [2.24, 2.45) is 11.5 Å². The summed E-state index contributed by atoms with van der Waals surface area (Å²) in [4.78, 5) is 35.3. The van der Waals surface area contributed by atoms with Gasteiger partial charge in [-0.2, -0.15) is 10.2 Å². The fourth-order valence-electron chi connectivity index (χ4n) is 2.65. The summed E-state index contributed by atoms with van der Waals surface area (Å²) in [5.41, 5.74) is 12.3. The van der Waals surface area contributed by atoms with Crippen LogP contribution in [-0.4, -0.2) is 50.3 Å². The van der Waals surface area contributed by atoms with E-state index in [9.17, 15) is 14.4 Å². The van der Waals surface area contributed by atoms with Crippen LogP contribution in [0.4, 0.5) is 5.69 Å². The van der Waals surface area contributed by atoms with Gasteiger partial charge in [0.05, 0.1) is 35.9 Å². The average Bonchev–Trinajstić information content (AvgIpc) is 3.18. The molecule has 3 rings (SSSR count). The molecule has 0 spiro atoms. The number of aromatic nitrogens is 4. The molecule has 2 aromatic heterocycles. The van der Waals surface area contributed by atoms with Gasteiger partial charge in [-0.05, 0) is 6.42 Å². The largest absolute Gasteiger partial charge is 0.368 e. The second kappa shape index (κ2) is 6.73. The Balaban J connectivity index is 1.75. The smallest absolute Gasteiger partial charge is 0.271 e. The van der Waals surface area contributed by atoms with Gasteiger partial charge in [-0.25, -0.2) is 0 Å². The van der Waals surface area contributed by atoms with Gasteiger partial charge in [0.25, 0.3) is 11.8 Å². The number of nitrogens with one attached hydrogen (secondary N) is 3. The molecule has 0 radical (unpaired) electrons. The van der Waals surface area contributed by atoms with Gasteiger partial charge in [-0.3, -0.25) is 24.2 Å². The molecule has 0 aromatic carbocycles. The van der Waals surface area contributed by atoms with E-state index in [-0.39, 0.29) is 24.0 Å². The van der Waals surface area contributed by atoms with E-state index in [0.717, 1.165) is 12.1 Å². The zero-order chi connectivity index (χ0) is 18.0. The molecule has 3 amide bonds. The normalized spacial score (nSPS) is 16.1. The lowest BCUT2D eigenvalue weighted by Gasteiger charge is -2.20. The Hall–Kier alpha value is -3.21. The standard InChI is InChI=1S/C14H18N8O3/c15-7-1-2-22-10(3-7)8(4-19-22)13(24)20-9-5-18-21-12(9)14(25)17-6-11(16)23/h4-5,7H,1-3,6,15H2,(H2,16,23)(H,17,25)(H,18,21)(H,20,24). The molecule has 132 valence electrons. The number of amides is 3. The highest BCUT2D eigenvalue weighted by Crippen LogP contribution is 2.20. The summed E-state index contributed by atoms with van der Waals surface area (Å²) >= 11 is 0. The van der Waals surface area contributed by atoms with Crippen LogP contribution < -0.4 is 22.1 Å². The second-order valence-corrected chi connectivity index (χ2v) is 5.74. The Labute approximate surface area is 142 Å². The maximum Gasteiger partial charge on any atom is 0.271 e. The van der Waals surface area contributed by atoms with Gasteiger partial charge in [-0.15, -0.1) is 0 Å². The van der Waals surface area contributed by atoms with E-state index in [2.05, 4.69) is 25.9 Å². The van der Waals surface area contributed by atoms with Crippen LogP contribution in [0.1, 0.15) is 33.0 Å². The quantitative estimate of drug-likeness (QED) is 0.433. The van der Waals surface area contributed by atoms with Crippen LogP contribution in [0.25, 0.3) is 0 Å². The maximum absolute atomic E-state index is 12.5. The number of nitrogens with zero attached hydrogens (tertiary/aromatic N) is 3. The monoisotopic (exact) mass is 346 g/mol. The molecule has 0 saturated heterocycles. The van der Waals surface area contributed by atoms with Crippen molar-refractivity contribution in [3.63, 3.8) is 0 Å². The zero-order valence-electron chi connectivity index (χ0n) is 13.3. The van der Waals surface area contributed by atoms with Crippen molar-refractivity contribution in [3.05, 3.63) is 29.3 Å². The van der Waals surface area contributed by atoms with E-state index in [1.54, 1.807) is 4.68 Å². The number of carbonyl (C=O) groups excluding carboxylic acids is 3. The van der Waals surface area contributed by atoms with Gasteiger partial charge in [0.15, 0.2) is 0 Å². The highest BCUT2D eigenvalue weighted by atomic mass is 16.2. The molecule has 1 aliphatic rings. The number of hydrogen-bond acceptors (Lipinski definition) is 6. The van der Waals surface area contributed by atoms with Crippen LogP contribution in [0.2, 0.25) is 0 Å². The summed E-state index contributed by atoms with van der Waals surface area (Å²) < 4.78 is 1.76. The molecule has 25 heavy (non-hydrogen) atoms. The lowest BCUT2D eigenvalue weighted by molar-refractivity contribution is -0.117. The minimum atomic E-state index is -0.679. The Morgan fingerprint density at radius 2 is 2.12 bits per heavy atom. The van der Waals surface area contributed by atoms with E-state index in [0.29, 0.717) is 18.5 Å². The van der Waals surface area contributed by atoms with Crippen molar-refractivity contribution >= 4 is 23.4 Å². The first-order valence-corrected chi connectivity index (χ1v) is 7.67. The number of H-pyrrole nitrogens is 1. The van der Waals surface area contributed by atoms with E-state index in [1.165, 1.54) is 12.4 Å². The third kappa shape index (κ3) is 3.50. The van der Waals surface area contributed by atoms with Gasteiger partial charge in [-0.1, -0.05) is 0 Å². The van der Waals surface area contributed by atoms with Crippen molar-refractivity contribution in [3.8, 4) is 0 Å². The van der Waals surface area contributed by atoms with Gasteiger partial charge < -0.3 is 22.1 Å². The zero-order valence-corrected chi connectivity index (χ0v) is 13.3. The first-order chi connectivity index (χ1) is 12.0. The lowest BCUT2D eigenvalue weighted by Crippen LogP contribution is -2.34. The molecule has 1 atom stereocenters. The molecule has 0 bridgehead atoms. The molecule has 1 aliphatic heterocycles. The molecule has 0 aliphatic carbocycles. The number of fused-ring (bicyclic) bond motifs is 1. The number of rotatable bonds is 5. The van der Waals surface area contributed by atoms with Crippen molar-refractivity contribution in [2.75, 3.05) is 11.9 Å². The molecule has 1 unspecified atom stereocenters. The molecule has 2 aromatic rings. The third-order valence-corrected chi connectivity index (χ3v) is 3.90. The van der Waals surface area contributed by atoms with Gasteiger partial charge in [0, 0.05) is 19.0 Å². The number of anilines is 1. The first-order valence-electron chi connectivity index (χ1n) is 7.67. The molecular weight excluding hydrogens is 328 g/mol. The van der Waals surface area contributed by atoms with E-state index in [4.69, 9.17) is 11.5 Å². The summed E-state index contributed by atoms with van der Waals surface area (Å²) in [6.45, 7) is 0.344. The number of nitrogens with two attached hydrogens (primary N) is 2. The summed E-state index contributed by atoms with van der Waals surface area (Å²) in [7, 11) is 0. The van der Waals surface area contributed by atoms with Crippen LogP contribution in [0.3, 0.4) is 0 Å². The summed E-state index contributed by atoms with van der Waals surface area (Å²) in [6.07, 6.45) is 4.15. The van der Waals surface area contributed by atoms with E-state index in [1.807, 2.05) is 0 Å². The van der Waals surface area contributed by atoms with Crippen molar-refractivity contribution in [1.29, 1.82) is 0 Å². The number of aryl methyl sites for hydroxylation is 1. The van der Waals surface area contributed by atoms with Crippen molar-refractivity contribution < 1.29 is 14.4 Å². The predicted octanol–water partition coefficient (Wildman–Crippen LogP) is -1.65. The highest BCUT2D eigenvalue weighted by molar-refractivity contribution is 6.08. The van der Waals surface area contributed by atoms with Gasteiger partial charge in [0.2, 0.25) is 5.91 Å². The molecule has 0 saturated carbocycles. The Kier molecular flexibility index (Phi) is 4.48. The van der Waals surface area contributed by atoms with Crippen LogP contribution in [0.15, 0.2) is 12.4 Å². The highest BCUT2D eigenvalue weighted by Gasteiger charge is 2.24. The number of aromatic amines is 1.